The molecule has 0 N–H and O–H groups in total. The lowest BCUT2D eigenvalue weighted by atomic mass is 10.1. The molecule has 0 spiro atoms. The van der Waals surface area contributed by atoms with Gasteiger partial charge in [0.25, 0.3) is 5.91 Å². The largest absolute Gasteiger partial charge is 0.497 e. The van der Waals surface area contributed by atoms with Crippen LogP contribution in [0.2, 0.25) is 5.02 Å². The Kier molecular flexibility index (Phi) is 8.22. The molecule has 0 aliphatic carbocycles. The van der Waals surface area contributed by atoms with Crippen LogP contribution < -0.4 is 14.2 Å². The monoisotopic (exact) mass is 460 g/mol. The summed E-state index contributed by atoms with van der Waals surface area (Å²) in [5, 5.41) is 0.704. The van der Waals surface area contributed by atoms with Gasteiger partial charge in [0.1, 0.15) is 17.2 Å². The maximum absolute atomic E-state index is 12.9. The smallest absolute Gasteiger partial charge is 0.254 e. The lowest BCUT2D eigenvalue weighted by Gasteiger charge is -2.35. The van der Waals surface area contributed by atoms with Crippen LogP contribution in [-0.2, 0) is 4.79 Å². The normalized spacial score (nSPS) is 13.6. The van der Waals surface area contributed by atoms with Crippen LogP contribution in [0, 0.1) is 6.92 Å². The zero-order chi connectivity index (χ0) is 23.1. The van der Waals surface area contributed by atoms with Crippen molar-refractivity contribution in [3.05, 3.63) is 52.5 Å². The van der Waals surface area contributed by atoms with E-state index in [0.717, 1.165) is 11.3 Å². The molecule has 7 nitrogen and oxygen atoms in total. The molecule has 0 unspecified atom stereocenters. The van der Waals surface area contributed by atoms with Crippen LogP contribution in [-0.4, -0.2) is 68.6 Å². The van der Waals surface area contributed by atoms with E-state index in [9.17, 15) is 9.59 Å². The van der Waals surface area contributed by atoms with E-state index in [1.807, 2.05) is 24.0 Å². The highest BCUT2D eigenvalue weighted by Crippen LogP contribution is 2.24. The van der Waals surface area contributed by atoms with E-state index in [2.05, 4.69) is 0 Å². The third-order valence-electron chi connectivity index (χ3n) is 5.45. The number of hydrogen-bond donors (Lipinski definition) is 0. The lowest BCUT2D eigenvalue weighted by Crippen LogP contribution is -2.50. The van der Waals surface area contributed by atoms with Crippen molar-refractivity contribution in [3.8, 4) is 17.2 Å². The van der Waals surface area contributed by atoms with Gasteiger partial charge < -0.3 is 24.0 Å². The van der Waals surface area contributed by atoms with Gasteiger partial charge in [-0.1, -0.05) is 11.6 Å². The van der Waals surface area contributed by atoms with Crippen molar-refractivity contribution >= 4 is 23.4 Å². The van der Waals surface area contributed by atoms with Gasteiger partial charge in [-0.05, 0) is 49.2 Å². The summed E-state index contributed by atoms with van der Waals surface area (Å²) >= 11 is 6.02. The topological polar surface area (TPSA) is 68.3 Å². The number of amides is 2. The third-order valence-corrected chi connectivity index (χ3v) is 5.88. The zero-order valence-corrected chi connectivity index (χ0v) is 19.5. The standard InChI is InChI=1S/C24H29ClN2O5/c1-17-13-19(6-7-22(17)25)32-12-4-5-23(28)26-8-10-27(11-9-26)24(29)18-14-20(30-2)16-21(15-18)31-3/h6-7,13-16H,4-5,8-12H2,1-3H3. The first kappa shape index (κ1) is 23.7. The summed E-state index contributed by atoms with van der Waals surface area (Å²) in [6.07, 6.45) is 1.04. The molecule has 1 aliphatic heterocycles. The van der Waals surface area contributed by atoms with Crippen molar-refractivity contribution in [2.24, 2.45) is 0 Å². The summed E-state index contributed by atoms with van der Waals surface area (Å²) in [5.74, 6) is 1.87. The molecule has 172 valence electrons. The minimum absolute atomic E-state index is 0.0797. The number of piperazine rings is 1. The zero-order valence-electron chi connectivity index (χ0n) is 18.7. The lowest BCUT2D eigenvalue weighted by molar-refractivity contribution is -0.132. The Hall–Kier alpha value is -2.93. The first-order chi connectivity index (χ1) is 15.4. The molecule has 2 aromatic carbocycles. The summed E-state index contributed by atoms with van der Waals surface area (Å²) in [6, 6.07) is 10.6. The number of rotatable bonds is 8. The van der Waals surface area contributed by atoms with Crippen LogP contribution in [0.25, 0.3) is 0 Å². The molecule has 3 rings (SSSR count). The SMILES string of the molecule is COc1cc(OC)cc(C(=O)N2CCN(C(=O)CCCOc3ccc(Cl)c(C)c3)CC2)c1. The Balaban J connectivity index is 1.44. The molecule has 1 saturated heterocycles. The molecule has 2 amide bonds. The van der Waals surface area contributed by atoms with Gasteiger partial charge in [0.15, 0.2) is 0 Å². The maximum atomic E-state index is 12.9. The summed E-state index contributed by atoms with van der Waals surface area (Å²) in [6.45, 7) is 4.40. The van der Waals surface area contributed by atoms with E-state index in [0.29, 0.717) is 67.7 Å². The number of hydrogen-bond acceptors (Lipinski definition) is 5. The van der Waals surface area contributed by atoms with Gasteiger partial charge >= 0.3 is 0 Å². The number of ether oxygens (including phenoxy) is 3. The first-order valence-electron chi connectivity index (χ1n) is 10.6. The number of aryl methyl sites for hydroxylation is 1. The van der Waals surface area contributed by atoms with Gasteiger partial charge in [-0.25, -0.2) is 0 Å². The van der Waals surface area contributed by atoms with E-state index in [1.165, 1.54) is 0 Å². The van der Waals surface area contributed by atoms with E-state index >= 15 is 0 Å². The molecule has 0 radical (unpaired) electrons. The summed E-state index contributed by atoms with van der Waals surface area (Å²) in [7, 11) is 3.10. The Bertz CT molecular complexity index is 935. The molecule has 2 aromatic rings. The van der Waals surface area contributed by atoms with Crippen LogP contribution >= 0.6 is 11.6 Å². The molecule has 1 heterocycles. The van der Waals surface area contributed by atoms with Crippen molar-refractivity contribution in [3.63, 3.8) is 0 Å². The van der Waals surface area contributed by atoms with E-state index in [1.54, 1.807) is 43.4 Å². The van der Waals surface area contributed by atoms with Gasteiger partial charge in [0.05, 0.1) is 20.8 Å². The van der Waals surface area contributed by atoms with Crippen LogP contribution in [0.15, 0.2) is 36.4 Å². The molecule has 1 aliphatic rings. The number of carbonyl (C=O) groups excluding carboxylic acids is 2. The van der Waals surface area contributed by atoms with Crippen molar-refractivity contribution in [1.82, 2.24) is 9.80 Å². The van der Waals surface area contributed by atoms with Crippen molar-refractivity contribution in [2.75, 3.05) is 47.0 Å². The van der Waals surface area contributed by atoms with E-state index in [4.69, 9.17) is 25.8 Å². The quantitative estimate of drug-likeness (QED) is 0.560. The Morgan fingerprint density at radius 2 is 1.53 bits per heavy atom. The van der Waals surface area contributed by atoms with E-state index < -0.39 is 0 Å². The van der Waals surface area contributed by atoms with Gasteiger partial charge in [-0.2, -0.15) is 0 Å². The highest BCUT2D eigenvalue weighted by molar-refractivity contribution is 6.31. The van der Waals surface area contributed by atoms with Crippen LogP contribution in [0.4, 0.5) is 0 Å². The summed E-state index contributed by atoms with van der Waals surface area (Å²) < 4.78 is 16.2. The third kappa shape index (κ3) is 6.07. The van der Waals surface area contributed by atoms with Gasteiger partial charge in [-0.15, -0.1) is 0 Å². The molecule has 0 bridgehead atoms. The first-order valence-corrected chi connectivity index (χ1v) is 11.0. The van der Waals surface area contributed by atoms with Crippen LogP contribution in [0.3, 0.4) is 0 Å². The van der Waals surface area contributed by atoms with Gasteiger partial charge in [0, 0.05) is 49.3 Å². The molecule has 0 saturated carbocycles. The molecule has 1 fully saturated rings. The van der Waals surface area contributed by atoms with Gasteiger partial charge in [0.2, 0.25) is 5.91 Å². The molecule has 0 aromatic heterocycles. The molecule has 0 atom stereocenters. The minimum Gasteiger partial charge on any atom is -0.497 e. The van der Waals surface area contributed by atoms with Crippen molar-refractivity contribution < 1.29 is 23.8 Å². The average molecular weight is 461 g/mol. The number of benzene rings is 2. The highest BCUT2D eigenvalue weighted by Gasteiger charge is 2.25. The molecule has 8 heteroatoms. The fourth-order valence-electron chi connectivity index (χ4n) is 3.55. The second-order valence-corrected chi connectivity index (χ2v) is 8.04. The Labute approximate surface area is 193 Å². The predicted octanol–water partition coefficient (Wildman–Crippen LogP) is 3.81. The second-order valence-electron chi connectivity index (χ2n) is 7.64. The Morgan fingerprint density at radius 1 is 0.906 bits per heavy atom. The average Bonchev–Trinajstić information content (AvgIpc) is 2.83. The number of halogens is 1. The Morgan fingerprint density at radius 3 is 2.12 bits per heavy atom. The molecule has 32 heavy (non-hydrogen) atoms. The molecular weight excluding hydrogens is 432 g/mol. The molecular formula is C24H29ClN2O5. The van der Waals surface area contributed by atoms with E-state index in [-0.39, 0.29) is 11.8 Å². The maximum Gasteiger partial charge on any atom is 0.254 e. The van der Waals surface area contributed by atoms with Crippen molar-refractivity contribution in [2.45, 2.75) is 19.8 Å². The minimum atomic E-state index is -0.0963. The van der Waals surface area contributed by atoms with Crippen LogP contribution in [0.5, 0.6) is 17.2 Å². The number of methoxy groups -OCH3 is 2. The fourth-order valence-corrected chi connectivity index (χ4v) is 3.67. The van der Waals surface area contributed by atoms with Gasteiger partial charge in [-0.3, -0.25) is 9.59 Å². The number of carbonyl (C=O) groups is 2. The fraction of sp³-hybridized carbons (Fsp3) is 0.417. The number of nitrogens with zero attached hydrogens (tertiary/aromatic N) is 2. The van der Waals surface area contributed by atoms with Crippen LogP contribution in [0.1, 0.15) is 28.8 Å². The van der Waals surface area contributed by atoms with Crippen molar-refractivity contribution in [1.29, 1.82) is 0 Å². The second kappa shape index (κ2) is 11.1. The predicted molar refractivity (Wildman–Crippen MR) is 123 cm³/mol. The highest BCUT2D eigenvalue weighted by atomic mass is 35.5. The summed E-state index contributed by atoms with van der Waals surface area (Å²) in [5.41, 5.74) is 1.47. The summed E-state index contributed by atoms with van der Waals surface area (Å²) in [4.78, 5) is 29.0.